The Morgan fingerprint density at radius 2 is 2.11 bits per heavy atom. The van der Waals surface area contributed by atoms with Crippen LogP contribution in [0.25, 0.3) is 0 Å². The first-order valence-corrected chi connectivity index (χ1v) is 9.95. The van der Waals surface area contributed by atoms with Crippen molar-refractivity contribution in [1.29, 1.82) is 0 Å². The predicted molar refractivity (Wildman–Crippen MR) is 118 cm³/mol. The van der Waals surface area contributed by atoms with E-state index in [-0.39, 0.29) is 35.9 Å². The maximum Gasteiger partial charge on any atom is 0.222 e. The van der Waals surface area contributed by atoms with Crippen LogP contribution >= 0.6 is 24.0 Å². The second kappa shape index (κ2) is 10.9. The molecule has 2 fully saturated rings. The number of amides is 1. The molecule has 3 unspecified atom stereocenters. The number of rotatable bonds is 5. The molecule has 1 aromatic rings. The number of likely N-dealkylation sites (tertiary alicyclic amines) is 1. The van der Waals surface area contributed by atoms with Gasteiger partial charge in [0.15, 0.2) is 5.96 Å². The summed E-state index contributed by atoms with van der Waals surface area (Å²) in [6.45, 7) is 3.74. The Morgan fingerprint density at radius 1 is 1.30 bits per heavy atom. The molecule has 1 aliphatic carbocycles. The largest absolute Gasteiger partial charge is 0.469 e. The summed E-state index contributed by atoms with van der Waals surface area (Å²) in [5.74, 6) is 2.73. The highest BCUT2D eigenvalue weighted by Crippen LogP contribution is 2.23. The number of nitrogens with zero attached hydrogens (tertiary/aromatic N) is 2. The third kappa shape index (κ3) is 6.69. The summed E-state index contributed by atoms with van der Waals surface area (Å²) < 4.78 is 5.40. The Bertz CT molecular complexity index is 605. The van der Waals surface area contributed by atoms with Crippen molar-refractivity contribution in [3.63, 3.8) is 0 Å². The zero-order valence-corrected chi connectivity index (χ0v) is 18.8. The Morgan fingerprint density at radius 3 is 2.81 bits per heavy atom. The number of aliphatic imine (C=N–C) groups is 1. The number of halogens is 1. The molecular weight excluding hydrogens is 455 g/mol. The molecule has 152 valence electrons. The fraction of sp³-hybridized carbons (Fsp3) is 0.700. The number of hydrogen-bond acceptors (Lipinski definition) is 3. The number of hydrogen-bond donors (Lipinski definition) is 2. The topological polar surface area (TPSA) is 69.9 Å². The van der Waals surface area contributed by atoms with Gasteiger partial charge in [-0.15, -0.1) is 24.0 Å². The van der Waals surface area contributed by atoms with E-state index in [0.29, 0.717) is 24.9 Å². The lowest BCUT2D eigenvalue weighted by Gasteiger charge is -2.34. The van der Waals surface area contributed by atoms with Crippen LogP contribution in [-0.4, -0.2) is 49.0 Å². The van der Waals surface area contributed by atoms with Crippen molar-refractivity contribution in [1.82, 2.24) is 15.5 Å². The number of nitrogens with one attached hydrogen (secondary N) is 2. The molecule has 3 rings (SSSR count). The van der Waals surface area contributed by atoms with E-state index in [1.54, 1.807) is 6.26 Å². The zero-order chi connectivity index (χ0) is 18.4. The van der Waals surface area contributed by atoms with Crippen LogP contribution in [0, 0.1) is 5.92 Å². The van der Waals surface area contributed by atoms with Gasteiger partial charge in [-0.1, -0.05) is 19.8 Å². The van der Waals surface area contributed by atoms with E-state index in [9.17, 15) is 4.79 Å². The van der Waals surface area contributed by atoms with E-state index < -0.39 is 0 Å². The molecule has 27 heavy (non-hydrogen) atoms. The molecule has 2 heterocycles. The summed E-state index contributed by atoms with van der Waals surface area (Å²) in [6.07, 6.45) is 9.05. The van der Waals surface area contributed by atoms with Crippen LogP contribution in [0.2, 0.25) is 0 Å². The molecule has 3 atom stereocenters. The maximum absolute atomic E-state index is 11.7. The third-order valence-electron chi connectivity index (χ3n) is 5.61. The van der Waals surface area contributed by atoms with Crippen molar-refractivity contribution >= 4 is 35.8 Å². The normalized spacial score (nSPS) is 26.4. The molecule has 0 bridgehead atoms. The number of carbonyl (C=O) groups is 1. The number of furan rings is 1. The van der Waals surface area contributed by atoms with E-state index in [1.807, 2.05) is 24.1 Å². The van der Waals surface area contributed by atoms with Gasteiger partial charge in [0.1, 0.15) is 5.76 Å². The smallest absolute Gasteiger partial charge is 0.222 e. The Kier molecular flexibility index (Phi) is 8.92. The number of guanidine groups is 1. The van der Waals surface area contributed by atoms with Crippen LogP contribution in [0.1, 0.15) is 51.2 Å². The van der Waals surface area contributed by atoms with Gasteiger partial charge in [0.25, 0.3) is 0 Å². The van der Waals surface area contributed by atoms with E-state index >= 15 is 0 Å². The van der Waals surface area contributed by atoms with Crippen molar-refractivity contribution < 1.29 is 9.21 Å². The lowest BCUT2D eigenvalue weighted by atomic mass is 9.86. The van der Waals surface area contributed by atoms with Crippen LogP contribution in [0.3, 0.4) is 0 Å². The Hall–Kier alpha value is -1.25. The molecule has 1 aromatic heterocycles. The van der Waals surface area contributed by atoms with Gasteiger partial charge in [-0.05, 0) is 37.3 Å². The van der Waals surface area contributed by atoms with E-state index in [0.717, 1.165) is 31.1 Å². The highest BCUT2D eigenvalue weighted by molar-refractivity contribution is 14.0. The van der Waals surface area contributed by atoms with Gasteiger partial charge in [-0.2, -0.15) is 0 Å². The van der Waals surface area contributed by atoms with Gasteiger partial charge < -0.3 is 20.0 Å². The fourth-order valence-corrected chi connectivity index (χ4v) is 3.90. The molecule has 0 radical (unpaired) electrons. The predicted octanol–water partition coefficient (Wildman–Crippen LogP) is 3.17. The average molecular weight is 488 g/mol. The molecule has 1 saturated carbocycles. The minimum atomic E-state index is 0. The zero-order valence-electron chi connectivity index (χ0n) is 16.4. The van der Waals surface area contributed by atoms with Crippen molar-refractivity contribution in [2.45, 2.75) is 64.0 Å². The first-order chi connectivity index (χ1) is 12.6. The van der Waals surface area contributed by atoms with Gasteiger partial charge in [0, 0.05) is 45.1 Å². The molecule has 1 saturated heterocycles. The first kappa shape index (κ1) is 22.0. The van der Waals surface area contributed by atoms with Crippen LogP contribution in [0.15, 0.2) is 27.8 Å². The lowest BCUT2D eigenvalue weighted by molar-refractivity contribution is -0.132. The average Bonchev–Trinajstić information content (AvgIpc) is 3.13. The highest BCUT2D eigenvalue weighted by atomic mass is 127. The standard InChI is InChI=1S/C20H32N4O2.HI/c1-15-6-3-4-8-18(15)23-20(21-12-11-17-7-5-13-26-17)22-16-9-10-19(25)24(2)14-16;/h5,7,13,15-16,18H,3-4,6,8-12,14H2,1-2H3,(H2,21,22,23);1H. The molecule has 1 amide bonds. The second-order valence-electron chi connectivity index (χ2n) is 7.73. The Balaban J connectivity index is 0.00000261. The van der Waals surface area contributed by atoms with Crippen LogP contribution < -0.4 is 10.6 Å². The lowest BCUT2D eigenvalue weighted by Crippen LogP contribution is -2.54. The minimum absolute atomic E-state index is 0. The van der Waals surface area contributed by atoms with Crippen LogP contribution in [-0.2, 0) is 11.2 Å². The summed E-state index contributed by atoms with van der Waals surface area (Å²) in [6, 6.07) is 4.63. The summed E-state index contributed by atoms with van der Waals surface area (Å²) in [5, 5.41) is 7.23. The van der Waals surface area contributed by atoms with E-state index in [1.165, 1.54) is 25.7 Å². The molecule has 6 nitrogen and oxygen atoms in total. The van der Waals surface area contributed by atoms with Gasteiger partial charge in [0.05, 0.1) is 6.26 Å². The molecule has 2 N–H and O–H groups in total. The van der Waals surface area contributed by atoms with E-state index in [2.05, 4.69) is 17.6 Å². The van der Waals surface area contributed by atoms with Gasteiger partial charge >= 0.3 is 0 Å². The summed E-state index contributed by atoms with van der Waals surface area (Å²) in [4.78, 5) is 18.3. The van der Waals surface area contributed by atoms with Crippen molar-refractivity contribution in [2.75, 3.05) is 20.1 Å². The van der Waals surface area contributed by atoms with Gasteiger partial charge in [0.2, 0.25) is 5.91 Å². The monoisotopic (exact) mass is 488 g/mol. The molecule has 0 spiro atoms. The SMILES string of the molecule is CC1CCCCC1NC(=NCCc1ccco1)NC1CCC(=O)N(C)C1.I. The molecule has 0 aromatic carbocycles. The van der Waals surface area contributed by atoms with Gasteiger partial charge in [-0.25, -0.2) is 0 Å². The minimum Gasteiger partial charge on any atom is -0.469 e. The third-order valence-corrected chi connectivity index (χ3v) is 5.61. The number of carbonyl (C=O) groups excluding carboxylic acids is 1. The summed E-state index contributed by atoms with van der Waals surface area (Å²) in [7, 11) is 1.88. The number of piperidine rings is 1. The van der Waals surface area contributed by atoms with Crippen molar-refractivity contribution in [2.24, 2.45) is 10.9 Å². The van der Waals surface area contributed by atoms with Crippen molar-refractivity contribution in [3.8, 4) is 0 Å². The quantitative estimate of drug-likeness (QED) is 0.380. The molecular formula is C20H33IN4O2. The Labute approximate surface area is 179 Å². The maximum atomic E-state index is 11.7. The van der Waals surface area contributed by atoms with Crippen molar-refractivity contribution in [3.05, 3.63) is 24.2 Å². The molecule has 1 aliphatic heterocycles. The highest BCUT2D eigenvalue weighted by Gasteiger charge is 2.26. The second-order valence-corrected chi connectivity index (χ2v) is 7.73. The van der Waals surface area contributed by atoms with Crippen LogP contribution in [0.5, 0.6) is 0 Å². The fourth-order valence-electron chi connectivity index (χ4n) is 3.90. The molecule has 7 heteroatoms. The molecule has 2 aliphatic rings. The number of likely N-dealkylation sites (N-methyl/N-ethyl adjacent to an activating group) is 1. The van der Waals surface area contributed by atoms with E-state index in [4.69, 9.17) is 9.41 Å². The summed E-state index contributed by atoms with van der Waals surface area (Å²) in [5.41, 5.74) is 0. The van der Waals surface area contributed by atoms with Crippen LogP contribution in [0.4, 0.5) is 0 Å². The summed E-state index contributed by atoms with van der Waals surface area (Å²) >= 11 is 0. The van der Waals surface area contributed by atoms with Gasteiger partial charge in [-0.3, -0.25) is 9.79 Å². The first-order valence-electron chi connectivity index (χ1n) is 9.95.